The van der Waals surface area contributed by atoms with Crippen LogP contribution >= 0.6 is 0 Å². The Hall–Kier alpha value is -2.04. The summed E-state index contributed by atoms with van der Waals surface area (Å²) in [5.41, 5.74) is 1.94. The fourth-order valence-corrected chi connectivity index (χ4v) is 2.17. The number of amides is 1. The zero-order chi connectivity index (χ0) is 12.4. The Balaban J connectivity index is 1.53. The highest BCUT2D eigenvalue weighted by Crippen LogP contribution is 2.20. The number of fused-ring (bicyclic) bond motifs is 1. The average molecular weight is 246 g/mol. The molecule has 1 aromatic carbocycles. The second-order valence-corrected chi connectivity index (χ2v) is 4.50. The summed E-state index contributed by atoms with van der Waals surface area (Å²) in [7, 11) is 0. The number of carbonyl (C=O) groups is 1. The maximum atomic E-state index is 11.9. The van der Waals surface area contributed by atoms with E-state index in [1.807, 2.05) is 30.3 Å². The zero-order valence-electron chi connectivity index (χ0n) is 9.91. The largest absolute Gasteiger partial charge is 0.445 e. The highest BCUT2D eigenvalue weighted by atomic mass is 16.6. The molecule has 5 nitrogen and oxygen atoms in total. The lowest BCUT2D eigenvalue weighted by Gasteiger charge is -2.15. The van der Waals surface area contributed by atoms with E-state index in [1.54, 1.807) is 4.90 Å². The van der Waals surface area contributed by atoms with Crippen LogP contribution in [0.5, 0.6) is 0 Å². The molecule has 5 heteroatoms. The third kappa shape index (κ3) is 2.16. The molecule has 3 rings (SSSR count). The molecule has 2 aliphatic heterocycles. The molecule has 1 amide bonds. The molecule has 0 aliphatic carbocycles. The molecule has 0 saturated carbocycles. The standard InChI is InChI=1S/C13H14N2O3/c16-13(17-8-10-4-2-1-3-5-10)15-6-11-9-18-14-12(11)7-15/h1-5,11H,6-9H2. The summed E-state index contributed by atoms with van der Waals surface area (Å²) in [6, 6.07) is 9.66. The van der Waals surface area contributed by atoms with Gasteiger partial charge in [-0.05, 0) is 5.56 Å². The van der Waals surface area contributed by atoms with Gasteiger partial charge in [0.25, 0.3) is 0 Å². The Bertz CT molecular complexity index is 472. The first-order valence-corrected chi connectivity index (χ1v) is 5.97. The maximum absolute atomic E-state index is 11.9. The third-order valence-corrected chi connectivity index (χ3v) is 3.19. The van der Waals surface area contributed by atoms with Crippen LogP contribution in [0.1, 0.15) is 5.56 Å². The minimum absolute atomic E-state index is 0.259. The number of carbonyl (C=O) groups excluding carboxylic acids is 1. The average Bonchev–Trinajstić information content (AvgIpc) is 2.98. The van der Waals surface area contributed by atoms with Crippen molar-refractivity contribution in [3.8, 4) is 0 Å². The van der Waals surface area contributed by atoms with Gasteiger partial charge in [-0.2, -0.15) is 0 Å². The van der Waals surface area contributed by atoms with Gasteiger partial charge in [0, 0.05) is 6.54 Å². The molecule has 0 radical (unpaired) electrons. The van der Waals surface area contributed by atoms with Crippen LogP contribution in [0.4, 0.5) is 4.79 Å². The lowest BCUT2D eigenvalue weighted by atomic mass is 10.1. The highest BCUT2D eigenvalue weighted by molar-refractivity contribution is 5.94. The summed E-state index contributed by atoms with van der Waals surface area (Å²) in [5, 5.41) is 3.92. The highest BCUT2D eigenvalue weighted by Gasteiger charge is 2.36. The smallest absolute Gasteiger partial charge is 0.410 e. The van der Waals surface area contributed by atoms with Crippen LogP contribution in [0.15, 0.2) is 35.5 Å². The van der Waals surface area contributed by atoms with Crippen molar-refractivity contribution >= 4 is 11.8 Å². The summed E-state index contributed by atoms with van der Waals surface area (Å²) in [4.78, 5) is 18.5. The molecule has 1 unspecified atom stereocenters. The van der Waals surface area contributed by atoms with Crippen LogP contribution in [0.2, 0.25) is 0 Å². The quantitative estimate of drug-likeness (QED) is 0.797. The van der Waals surface area contributed by atoms with Gasteiger partial charge >= 0.3 is 6.09 Å². The fraction of sp³-hybridized carbons (Fsp3) is 0.385. The molecule has 2 heterocycles. The molecule has 0 spiro atoms. The second kappa shape index (κ2) is 4.68. The van der Waals surface area contributed by atoms with Crippen molar-refractivity contribution in [2.75, 3.05) is 19.7 Å². The van der Waals surface area contributed by atoms with Crippen molar-refractivity contribution in [3.05, 3.63) is 35.9 Å². The first kappa shape index (κ1) is 11.1. The summed E-state index contributed by atoms with van der Waals surface area (Å²) in [6.45, 7) is 2.06. The maximum Gasteiger partial charge on any atom is 0.410 e. The van der Waals surface area contributed by atoms with E-state index in [4.69, 9.17) is 9.57 Å². The molecule has 18 heavy (non-hydrogen) atoms. The Morgan fingerprint density at radius 3 is 3.06 bits per heavy atom. The van der Waals surface area contributed by atoms with Crippen LogP contribution in [0, 0.1) is 5.92 Å². The van der Waals surface area contributed by atoms with Crippen LogP contribution in [0.25, 0.3) is 0 Å². The molecule has 1 fully saturated rings. The van der Waals surface area contributed by atoms with E-state index in [0.717, 1.165) is 11.3 Å². The molecule has 94 valence electrons. The number of oxime groups is 1. The van der Waals surface area contributed by atoms with E-state index in [2.05, 4.69) is 5.16 Å². The van der Waals surface area contributed by atoms with Gasteiger partial charge in [0.2, 0.25) is 0 Å². The van der Waals surface area contributed by atoms with Gasteiger partial charge in [0.15, 0.2) is 0 Å². The molecule has 0 N–H and O–H groups in total. The van der Waals surface area contributed by atoms with Gasteiger partial charge in [-0.3, -0.25) is 0 Å². The fourth-order valence-electron chi connectivity index (χ4n) is 2.17. The summed E-state index contributed by atoms with van der Waals surface area (Å²) in [5.74, 6) is 0.259. The molecular weight excluding hydrogens is 232 g/mol. The predicted octanol–water partition coefficient (Wildman–Crippen LogP) is 1.64. The van der Waals surface area contributed by atoms with Crippen molar-refractivity contribution < 1.29 is 14.4 Å². The number of ether oxygens (including phenoxy) is 1. The number of hydrogen-bond acceptors (Lipinski definition) is 4. The molecule has 0 aromatic heterocycles. The van der Waals surface area contributed by atoms with Crippen molar-refractivity contribution in [3.63, 3.8) is 0 Å². The van der Waals surface area contributed by atoms with Gasteiger partial charge in [-0.25, -0.2) is 4.79 Å². The van der Waals surface area contributed by atoms with Crippen molar-refractivity contribution in [2.45, 2.75) is 6.61 Å². The minimum Gasteiger partial charge on any atom is -0.445 e. The van der Waals surface area contributed by atoms with Crippen LogP contribution in [-0.4, -0.2) is 36.4 Å². The van der Waals surface area contributed by atoms with E-state index in [1.165, 1.54) is 0 Å². The summed E-state index contributed by atoms with van der Waals surface area (Å²) in [6.07, 6.45) is -0.282. The van der Waals surface area contributed by atoms with E-state index in [9.17, 15) is 4.79 Å². The van der Waals surface area contributed by atoms with Gasteiger partial charge < -0.3 is 14.5 Å². The first-order chi connectivity index (χ1) is 8.83. The van der Waals surface area contributed by atoms with Crippen LogP contribution in [0.3, 0.4) is 0 Å². The van der Waals surface area contributed by atoms with Crippen molar-refractivity contribution in [2.24, 2.45) is 11.1 Å². The number of likely N-dealkylation sites (tertiary alicyclic amines) is 1. The normalized spacial score (nSPS) is 21.2. The van der Waals surface area contributed by atoms with Crippen LogP contribution in [-0.2, 0) is 16.2 Å². The molecule has 0 bridgehead atoms. The Morgan fingerprint density at radius 1 is 1.44 bits per heavy atom. The van der Waals surface area contributed by atoms with E-state index < -0.39 is 0 Å². The monoisotopic (exact) mass is 246 g/mol. The number of rotatable bonds is 2. The molecular formula is C13H14N2O3. The Morgan fingerprint density at radius 2 is 2.28 bits per heavy atom. The van der Waals surface area contributed by atoms with E-state index >= 15 is 0 Å². The minimum atomic E-state index is -0.282. The number of hydrogen-bond donors (Lipinski definition) is 0. The summed E-state index contributed by atoms with van der Waals surface area (Å²) < 4.78 is 5.27. The first-order valence-electron chi connectivity index (χ1n) is 5.97. The molecule has 2 aliphatic rings. The molecule has 1 aromatic rings. The van der Waals surface area contributed by atoms with E-state index in [-0.39, 0.29) is 12.0 Å². The van der Waals surface area contributed by atoms with Gasteiger partial charge in [-0.15, -0.1) is 0 Å². The topological polar surface area (TPSA) is 51.1 Å². The Kier molecular flexibility index (Phi) is 2.88. The van der Waals surface area contributed by atoms with E-state index in [0.29, 0.717) is 26.3 Å². The zero-order valence-corrected chi connectivity index (χ0v) is 9.91. The third-order valence-electron chi connectivity index (χ3n) is 3.19. The van der Waals surface area contributed by atoms with Gasteiger partial charge in [0.05, 0.1) is 18.2 Å². The van der Waals surface area contributed by atoms with Gasteiger partial charge in [0.1, 0.15) is 13.2 Å². The molecule has 1 atom stereocenters. The van der Waals surface area contributed by atoms with Crippen molar-refractivity contribution in [1.82, 2.24) is 4.90 Å². The second-order valence-electron chi connectivity index (χ2n) is 4.50. The molecule has 1 saturated heterocycles. The Labute approximate surface area is 105 Å². The lowest BCUT2D eigenvalue weighted by Crippen LogP contribution is -2.30. The van der Waals surface area contributed by atoms with Gasteiger partial charge in [-0.1, -0.05) is 35.5 Å². The van der Waals surface area contributed by atoms with Crippen LogP contribution < -0.4 is 0 Å². The lowest BCUT2D eigenvalue weighted by molar-refractivity contribution is 0.0954. The van der Waals surface area contributed by atoms with Crippen molar-refractivity contribution in [1.29, 1.82) is 0 Å². The summed E-state index contributed by atoms with van der Waals surface area (Å²) >= 11 is 0. The number of nitrogens with zero attached hydrogens (tertiary/aromatic N) is 2. The predicted molar refractivity (Wildman–Crippen MR) is 65.1 cm³/mol. The number of benzene rings is 1. The SMILES string of the molecule is O=C(OCc1ccccc1)N1CC2=NOCC2C1.